The van der Waals surface area contributed by atoms with Crippen LogP contribution < -0.4 is 16.6 Å². The highest BCUT2D eigenvalue weighted by molar-refractivity contribution is 5.93. The monoisotopic (exact) mass is 237 g/mol. The smallest absolute Gasteiger partial charge is 0.251 e. The Balaban J connectivity index is 2.42. The number of pyridine rings is 1. The highest BCUT2D eigenvalue weighted by Gasteiger charge is 2.05. The summed E-state index contributed by atoms with van der Waals surface area (Å²) in [4.78, 5) is 23.0. The van der Waals surface area contributed by atoms with Crippen molar-refractivity contribution in [1.29, 1.82) is 0 Å². The van der Waals surface area contributed by atoms with E-state index in [0.717, 1.165) is 19.3 Å². The van der Waals surface area contributed by atoms with Crippen LogP contribution in [0.25, 0.3) is 0 Å². The van der Waals surface area contributed by atoms with Gasteiger partial charge in [0.1, 0.15) is 0 Å². The number of unbranched alkanes of at least 4 members (excludes halogenated alkanes) is 2. The first-order chi connectivity index (χ1) is 8.15. The Kier molecular flexibility index (Phi) is 5.42. The lowest BCUT2D eigenvalue weighted by atomic mass is 10.2. The van der Waals surface area contributed by atoms with E-state index in [1.165, 1.54) is 10.6 Å². The third-order valence-electron chi connectivity index (χ3n) is 2.53. The third-order valence-corrected chi connectivity index (χ3v) is 2.53. The Labute approximate surface area is 101 Å². The number of aromatic nitrogens is 1. The molecule has 0 aliphatic carbocycles. The number of rotatable bonds is 6. The predicted molar refractivity (Wildman–Crippen MR) is 66.9 cm³/mol. The SMILES string of the molecule is Cn1ccc(C(=O)NCCCCCN)cc1=O. The number of nitrogens with two attached hydrogens (primary N) is 1. The summed E-state index contributed by atoms with van der Waals surface area (Å²) in [7, 11) is 1.65. The number of nitrogens with one attached hydrogen (secondary N) is 1. The molecule has 0 atom stereocenters. The maximum atomic E-state index is 11.7. The number of amides is 1. The molecule has 94 valence electrons. The van der Waals surface area contributed by atoms with Crippen LogP contribution in [0.3, 0.4) is 0 Å². The molecule has 1 rings (SSSR count). The standard InChI is InChI=1S/C12H19N3O2/c1-15-8-5-10(9-11(15)16)12(17)14-7-4-2-3-6-13/h5,8-9H,2-4,6-7,13H2,1H3,(H,14,17). The molecule has 17 heavy (non-hydrogen) atoms. The van der Waals surface area contributed by atoms with Crippen molar-refractivity contribution in [2.75, 3.05) is 13.1 Å². The zero-order valence-corrected chi connectivity index (χ0v) is 10.1. The van der Waals surface area contributed by atoms with E-state index in [0.29, 0.717) is 18.7 Å². The van der Waals surface area contributed by atoms with E-state index in [1.54, 1.807) is 19.3 Å². The summed E-state index contributed by atoms with van der Waals surface area (Å²) in [5.74, 6) is -0.199. The van der Waals surface area contributed by atoms with Crippen molar-refractivity contribution >= 4 is 5.91 Å². The second kappa shape index (κ2) is 6.85. The van der Waals surface area contributed by atoms with E-state index in [2.05, 4.69) is 5.32 Å². The molecule has 0 aliphatic rings. The van der Waals surface area contributed by atoms with Crippen LogP contribution in [0.1, 0.15) is 29.6 Å². The fraction of sp³-hybridized carbons (Fsp3) is 0.500. The summed E-state index contributed by atoms with van der Waals surface area (Å²) >= 11 is 0. The van der Waals surface area contributed by atoms with Crippen molar-refractivity contribution in [2.45, 2.75) is 19.3 Å². The summed E-state index contributed by atoms with van der Waals surface area (Å²) in [5, 5.41) is 2.78. The molecule has 0 spiro atoms. The van der Waals surface area contributed by atoms with Crippen LogP contribution in [0.4, 0.5) is 0 Å². The molecule has 1 aromatic rings. The van der Waals surface area contributed by atoms with Crippen molar-refractivity contribution in [1.82, 2.24) is 9.88 Å². The zero-order chi connectivity index (χ0) is 12.7. The van der Waals surface area contributed by atoms with Crippen LogP contribution in [0.15, 0.2) is 23.1 Å². The van der Waals surface area contributed by atoms with Crippen molar-refractivity contribution in [3.63, 3.8) is 0 Å². The average molecular weight is 237 g/mol. The predicted octanol–water partition coefficient (Wildman–Crippen LogP) is 0.244. The van der Waals surface area contributed by atoms with E-state index in [1.807, 2.05) is 0 Å². The quantitative estimate of drug-likeness (QED) is 0.696. The first kappa shape index (κ1) is 13.4. The molecule has 1 heterocycles. The molecule has 5 nitrogen and oxygen atoms in total. The molecule has 0 saturated carbocycles. The normalized spacial score (nSPS) is 10.2. The van der Waals surface area contributed by atoms with Crippen molar-refractivity contribution in [3.8, 4) is 0 Å². The van der Waals surface area contributed by atoms with Gasteiger partial charge in [-0.25, -0.2) is 0 Å². The Morgan fingerprint density at radius 1 is 1.41 bits per heavy atom. The molecule has 0 bridgehead atoms. The van der Waals surface area contributed by atoms with E-state index >= 15 is 0 Å². The molecule has 5 heteroatoms. The molecule has 0 aromatic carbocycles. The van der Waals surface area contributed by atoms with Crippen LogP contribution in [-0.4, -0.2) is 23.6 Å². The summed E-state index contributed by atoms with van der Waals surface area (Å²) in [6, 6.07) is 2.98. The number of hydrogen-bond acceptors (Lipinski definition) is 3. The molecular weight excluding hydrogens is 218 g/mol. The summed E-state index contributed by atoms with van der Waals surface area (Å²) in [5.41, 5.74) is 5.60. The van der Waals surface area contributed by atoms with E-state index in [4.69, 9.17) is 5.73 Å². The molecule has 0 unspecified atom stereocenters. The number of nitrogens with zero attached hydrogens (tertiary/aromatic N) is 1. The van der Waals surface area contributed by atoms with Gasteiger partial charge >= 0.3 is 0 Å². The molecule has 3 N–H and O–H groups in total. The molecule has 0 saturated heterocycles. The van der Waals surface area contributed by atoms with Gasteiger partial charge in [0.05, 0.1) is 0 Å². The minimum absolute atomic E-state index is 0.180. The van der Waals surface area contributed by atoms with Gasteiger partial charge in [-0.05, 0) is 25.5 Å². The summed E-state index contributed by atoms with van der Waals surface area (Å²) in [6.07, 6.45) is 4.48. The maximum absolute atomic E-state index is 11.7. The fourth-order valence-corrected chi connectivity index (χ4v) is 1.44. The second-order valence-electron chi connectivity index (χ2n) is 3.97. The lowest BCUT2D eigenvalue weighted by Crippen LogP contribution is -2.27. The minimum atomic E-state index is -0.199. The largest absolute Gasteiger partial charge is 0.352 e. The van der Waals surface area contributed by atoms with Crippen LogP contribution >= 0.6 is 0 Å². The highest BCUT2D eigenvalue weighted by atomic mass is 16.2. The Hall–Kier alpha value is -1.62. The minimum Gasteiger partial charge on any atom is -0.352 e. The van der Waals surface area contributed by atoms with Crippen LogP contribution in [0, 0.1) is 0 Å². The first-order valence-corrected chi connectivity index (χ1v) is 5.80. The Morgan fingerprint density at radius 3 is 2.82 bits per heavy atom. The van der Waals surface area contributed by atoms with Gasteiger partial charge < -0.3 is 15.6 Å². The van der Waals surface area contributed by atoms with Crippen molar-refractivity contribution in [2.24, 2.45) is 12.8 Å². The number of aryl methyl sites for hydroxylation is 1. The van der Waals surface area contributed by atoms with Gasteiger partial charge in [-0.1, -0.05) is 6.42 Å². The fourth-order valence-electron chi connectivity index (χ4n) is 1.44. The second-order valence-corrected chi connectivity index (χ2v) is 3.97. The van der Waals surface area contributed by atoms with Gasteiger partial charge in [0.25, 0.3) is 11.5 Å². The van der Waals surface area contributed by atoms with Gasteiger partial charge in [-0.2, -0.15) is 0 Å². The topological polar surface area (TPSA) is 77.1 Å². The van der Waals surface area contributed by atoms with E-state index < -0.39 is 0 Å². The van der Waals surface area contributed by atoms with Crippen LogP contribution in [0.2, 0.25) is 0 Å². The molecular formula is C12H19N3O2. The van der Waals surface area contributed by atoms with Gasteiger partial charge in [0.15, 0.2) is 0 Å². The molecule has 0 aliphatic heterocycles. The van der Waals surface area contributed by atoms with E-state index in [-0.39, 0.29) is 11.5 Å². The number of hydrogen-bond donors (Lipinski definition) is 2. The van der Waals surface area contributed by atoms with Crippen molar-refractivity contribution < 1.29 is 4.79 Å². The van der Waals surface area contributed by atoms with Gasteiger partial charge in [-0.3, -0.25) is 9.59 Å². The van der Waals surface area contributed by atoms with Gasteiger partial charge in [0, 0.05) is 31.4 Å². The zero-order valence-electron chi connectivity index (χ0n) is 10.1. The summed E-state index contributed by atoms with van der Waals surface area (Å²) in [6.45, 7) is 1.30. The molecule has 0 fully saturated rings. The Bertz CT molecular complexity index is 426. The number of carbonyl (C=O) groups excluding carboxylic acids is 1. The third kappa shape index (κ3) is 4.40. The lowest BCUT2D eigenvalue weighted by Gasteiger charge is -2.05. The van der Waals surface area contributed by atoms with Crippen molar-refractivity contribution in [3.05, 3.63) is 34.2 Å². The lowest BCUT2D eigenvalue weighted by molar-refractivity contribution is 0.0952. The van der Waals surface area contributed by atoms with Gasteiger partial charge in [0.2, 0.25) is 0 Å². The Morgan fingerprint density at radius 2 is 2.18 bits per heavy atom. The molecule has 1 aromatic heterocycles. The van der Waals surface area contributed by atoms with Crippen LogP contribution in [0.5, 0.6) is 0 Å². The maximum Gasteiger partial charge on any atom is 0.251 e. The van der Waals surface area contributed by atoms with E-state index in [9.17, 15) is 9.59 Å². The highest BCUT2D eigenvalue weighted by Crippen LogP contribution is 1.96. The first-order valence-electron chi connectivity index (χ1n) is 5.80. The summed E-state index contributed by atoms with van der Waals surface area (Å²) < 4.78 is 1.43. The molecule has 0 radical (unpaired) electrons. The average Bonchev–Trinajstić information content (AvgIpc) is 2.32. The van der Waals surface area contributed by atoms with Gasteiger partial charge in [-0.15, -0.1) is 0 Å². The molecule has 1 amide bonds. The van der Waals surface area contributed by atoms with Crippen LogP contribution in [-0.2, 0) is 7.05 Å². The number of carbonyl (C=O) groups is 1.